The van der Waals surface area contributed by atoms with Crippen molar-refractivity contribution in [2.24, 2.45) is 0 Å². The maximum atomic E-state index is 11.2. The Hall–Kier alpha value is -0.750. The minimum Gasteiger partial charge on any atom is -0.480 e. The largest absolute Gasteiger partial charge is 0.480 e. The Morgan fingerprint density at radius 3 is 2.86 bits per heavy atom. The number of carboxylic acids is 1. The predicted molar refractivity (Wildman–Crippen MR) is 49.8 cm³/mol. The standard InChI is InChI=1S/C8H11NO4S/c1-8(3-10)6(7(12)13)9-4(11)2-5(9)14-8/h5-6,10H,2-3H2,1H3,(H,12,13)/t5-,6+,8+/m1/s1. The first kappa shape index (κ1) is 9.79. The Balaban J connectivity index is 2.31. The maximum Gasteiger partial charge on any atom is 0.328 e. The van der Waals surface area contributed by atoms with Crippen LogP contribution in [0.1, 0.15) is 13.3 Å². The number of aliphatic hydroxyl groups excluding tert-OH is 1. The van der Waals surface area contributed by atoms with Gasteiger partial charge in [0.15, 0.2) is 0 Å². The number of hydrogen-bond donors (Lipinski definition) is 2. The highest BCUT2D eigenvalue weighted by Crippen LogP contribution is 2.50. The number of hydrogen-bond acceptors (Lipinski definition) is 4. The SMILES string of the molecule is C[C@@]1(CO)S[C@@H]2CC(=O)N2[C@H]1C(=O)O. The van der Waals surface area contributed by atoms with Gasteiger partial charge in [0.25, 0.3) is 0 Å². The number of aliphatic carboxylic acids is 1. The van der Waals surface area contributed by atoms with Crippen LogP contribution >= 0.6 is 11.8 Å². The number of rotatable bonds is 2. The van der Waals surface area contributed by atoms with Crippen LogP contribution in [0.4, 0.5) is 0 Å². The molecule has 2 aliphatic rings. The molecule has 0 aromatic carbocycles. The number of β-lactam (4-membered cyclic amide) rings is 1. The van der Waals surface area contributed by atoms with Crippen LogP contribution in [0.5, 0.6) is 0 Å². The molecule has 0 radical (unpaired) electrons. The smallest absolute Gasteiger partial charge is 0.328 e. The summed E-state index contributed by atoms with van der Waals surface area (Å²) < 4.78 is -0.761. The van der Waals surface area contributed by atoms with Gasteiger partial charge in [-0.2, -0.15) is 0 Å². The molecule has 2 fully saturated rings. The number of carboxylic acid groups (broad SMARTS) is 1. The Morgan fingerprint density at radius 2 is 2.43 bits per heavy atom. The average molecular weight is 217 g/mol. The van der Waals surface area contributed by atoms with E-state index in [9.17, 15) is 14.7 Å². The lowest BCUT2D eigenvalue weighted by molar-refractivity contribution is -0.157. The van der Waals surface area contributed by atoms with Gasteiger partial charge in [-0.3, -0.25) is 4.79 Å². The topological polar surface area (TPSA) is 77.8 Å². The van der Waals surface area contributed by atoms with Crippen LogP contribution in [0.25, 0.3) is 0 Å². The van der Waals surface area contributed by atoms with Crippen LogP contribution in [0, 0.1) is 0 Å². The number of carbonyl (C=O) groups excluding carboxylic acids is 1. The molecule has 0 saturated carbocycles. The Morgan fingerprint density at radius 1 is 1.79 bits per heavy atom. The van der Waals surface area contributed by atoms with E-state index in [0.29, 0.717) is 6.42 Å². The first-order chi connectivity index (χ1) is 6.49. The molecule has 78 valence electrons. The summed E-state index contributed by atoms with van der Waals surface area (Å²) >= 11 is 1.38. The molecule has 14 heavy (non-hydrogen) atoms. The van der Waals surface area contributed by atoms with Crippen LogP contribution in [0.15, 0.2) is 0 Å². The van der Waals surface area contributed by atoms with Gasteiger partial charge in [0, 0.05) is 0 Å². The van der Waals surface area contributed by atoms with Crippen molar-refractivity contribution in [3.63, 3.8) is 0 Å². The summed E-state index contributed by atoms with van der Waals surface area (Å²) in [6.07, 6.45) is 0.393. The second kappa shape index (κ2) is 2.87. The van der Waals surface area contributed by atoms with Gasteiger partial charge in [-0.25, -0.2) is 4.79 Å². The van der Waals surface area contributed by atoms with E-state index < -0.39 is 16.8 Å². The van der Waals surface area contributed by atoms with Crippen molar-refractivity contribution in [1.29, 1.82) is 0 Å². The quantitative estimate of drug-likeness (QED) is 0.609. The van der Waals surface area contributed by atoms with Crippen LogP contribution in [0.2, 0.25) is 0 Å². The zero-order valence-electron chi connectivity index (χ0n) is 7.64. The Bertz CT molecular complexity index is 308. The van der Waals surface area contributed by atoms with Crippen molar-refractivity contribution in [2.45, 2.75) is 29.5 Å². The fraction of sp³-hybridized carbons (Fsp3) is 0.750. The number of nitrogens with zero attached hydrogens (tertiary/aromatic N) is 1. The predicted octanol–water partition coefficient (Wildman–Crippen LogP) is -0.504. The van der Waals surface area contributed by atoms with Crippen molar-refractivity contribution >= 4 is 23.6 Å². The highest BCUT2D eigenvalue weighted by molar-refractivity contribution is 8.01. The molecule has 0 spiro atoms. The number of thioether (sulfide) groups is 1. The van der Waals surface area contributed by atoms with Crippen molar-refractivity contribution in [1.82, 2.24) is 4.90 Å². The number of amides is 1. The lowest BCUT2D eigenvalue weighted by Crippen LogP contribution is -2.58. The summed E-state index contributed by atoms with van der Waals surface area (Å²) in [4.78, 5) is 23.6. The van der Waals surface area contributed by atoms with Crippen LogP contribution in [0.3, 0.4) is 0 Å². The molecule has 0 aliphatic carbocycles. The molecule has 0 aromatic rings. The molecular formula is C8H11NO4S. The number of carbonyl (C=O) groups is 2. The molecule has 0 unspecified atom stereocenters. The van der Waals surface area contributed by atoms with Gasteiger partial charge in [0.2, 0.25) is 5.91 Å². The molecule has 2 N–H and O–H groups in total. The molecule has 2 saturated heterocycles. The van der Waals surface area contributed by atoms with Gasteiger partial charge in [-0.15, -0.1) is 11.8 Å². The summed E-state index contributed by atoms with van der Waals surface area (Å²) in [5.74, 6) is -1.17. The van der Waals surface area contributed by atoms with Gasteiger partial charge < -0.3 is 15.1 Å². The highest BCUT2D eigenvalue weighted by Gasteiger charge is 2.60. The van der Waals surface area contributed by atoms with Gasteiger partial charge in [0.1, 0.15) is 6.04 Å². The van der Waals surface area contributed by atoms with E-state index in [1.54, 1.807) is 6.92 Å². The molecule has 2 rings (SSSR count). The molecular weight excluding hydrogens is 206 g/mol. The van der Waals surface area contributed by atoms with E-state index in [4.69, 9.17) is 5.11 Å². The molecule has 0 aromatic heterocycles. The summed E-state index contributed by atoms with van der Waals surface area (Å²) in [5.41, 5.74) is 0. The first-order valence-corrected chi connectivity index (χ1v) is 5.20. The third-order valence-corrected chi connectivity index (χ3v) is 4.31. The first-order valence-electron chi connectivity index (χ1n) is 4.32. The minimum absolute atomic E-state index is 0.0549. The van der Waals surface area contributed by atoms with E-state index in [1.807, 2.05) is 0 Å². The fourth-order valence-electron chi connectivity index (χ4n) is 1.98. The van der Waals surface area contributed by atoms with E-state index in [1.165, 1.54) is 16.7 Å². The van der Waals surface area contributed by atoms with Crippen molar-refractivity contribution in [2.75, 3.05) is 6.61 Å². The van der Waals surface area contributed by atoms with E-state index in [2.05, 4.69) is 0 Å². The molecule has 5 nitrogen and oxygen atoms in total. The number of aliphatic hydroxyl groups is 1. The Kier molecular flexibility index (Phi) is 2.01. The molecule has 0 bridgehead atoms. The van der Waals surface area contributed by atoms with Crippen LogP contribution in [-0.2, 0) is 9.59 Å². The van der Waals surface area contributed by atoms with E-state index in [-0.39, 0.29) is 17.9 Å². The van der Waals surface area contributed by atoms with Crippen molar-refractivity contribution in [3.05, 3.63) is 0 Å². The normalized spacial score (nSPS) is 40.7. The zero-order valence-corrected chi connectivity index (χ0v) is 8.45. The summed E-state index contributed by atoms with van der Waals surface area (Å²) in [5, 5.41) is 18.1. The number of fused-ring (bicyclic) bond motifs is 1. The maximum absolute atomic E-state index is 11.2. The monoisotopic (exact) mass is 217 g/mol. The lowest BCUT2D eigenvalue weighted by atomic mass is 9.97. The van der Waals surface area contributed by atoms with Gasteiger partial charge in [-0.1, -0.05) is 0 Å². The van der Waals surface area contributed by atoms with Crippen LogP contribution < -0.4 is 0 Å². The Labute approximate surface area is 85.1 Å². The molecule has 6 heteroatoms. The lowest BCUT2D eigenvalue weighted by Gasteiger charge is -2.36. The zero-order chi connectivity index (χ0) is 10.5. The molecule has 2 aliphatic heterocycles. The fourth-order valence-corrected chi connectivity index (χ4v) is 3.60. The van der Waals surface area contributed by atoms with E-state index >= 15 is 0 Å². The minimum atomic E-state index is -1.04. The van der Waals surface area contributed by atoms with Gasteiger partial charge in [0.05, 0.1) is 23.1 Å². The second-order valence-corrected chi connectivity index (χ2v) is 5.50. The van der Waals surface area contributed by atoms with Crippen LogP contribution in [-0.4, -0.2) is 49.8 Å². The highest BCUT2D eigenvalue weighted by atomic mass is 32.2. The van der Waals surface area contributed by atoms with Crippen molar-refractivity contribution < 1.29 is 19.8 Å². The average Bonchev–Trinajstić information content (AvgIpc) is 2.35. The van der Waals surface area contributed by atoms with Gasteiger partial charge >= 0.3 is 5.97 Å². The summed E-state index contributed by atoms with van der Waals surface area (Å²) in [6, 6.07) is -0.885. The van der Waals surface area contributed by atoms with E-state index in [0.717, 1.165) is 0 Å². The van der Waals surface area contributed by atoms with Gasteiger partial charge in [-0.05, 0) is 6.92 Å². The third-order valence-electron chi connectivity index (χ3n) is 2.76. The summed E-state index contributed by atoms with van der Waals surface area (Å²) in [7, 11) is 0. The summed E-state index contributed by atoms with van der Waals surface area (Å²) in [6.45, 7) is 1.46. The molecule has 1 amide bonds. The second-order valence-electron chi connectivity index (χ2n) is 3.79. The molecule has 2 heterocycles. The van der Waals surface area contributed by atoms with Crippen molar-refractivity contribution in [3.8, 4) is 0 Å². The third kappa shape index (κ3) is 1.07. The molecule has 3 atom stereocenters.